The van der Waals surface area contributed by atoms with Crippen LogP contribution in [-0.2, 0) is 16.0 Å². The highest BCUT2D eigenvalue weighted by Gasteiger charge is 2.30. The topological polar surface area (TPSA) is 91.0 Å². The fourth-order valence-electron chi connectivity index (χ4n) is 3.62. The number of esters is 1. The minimum atomic E-state index is -0.391. The van der Waals surface area contributed by atoms with Crippen molar-refractivity contribution in [2.75, 3.05) is 24.7 Å². The van der Waals surface area contributed by atoms with E-state index in [9.17, 15) is 9.59 Å². The molecule has 0 radical (unpaired) electrons. The van der Waals surface area contributed by atoms with E-state index in [0.717, 1.165) is 11.4 Å². The second-order valence-corrected chi connectivity index (χ2v) is 7.31. The lowest BCUT2D eigenvalue weighted by atomic mass is 10.1. The van der Waals surface area contributed by atoms with Crippen molar-refractivity contribution in [3.05, 3.63) is 47.7 Å². The highest BCUT2D eigenvalue weighted by Crippen LogP contribution is 2.42. The lowest BCUT2D eigenvalue weighted by molar-refractivity contribution is 0.0526. The molecule has 1 amide bonds. The van der Waals surface area contributed by atoms with E-state index in [2.05, 4.69) is 17.4 Å². The molecule has 0 unspecified atom stereocenters. The van der Waals surface area contributed by atoms with Crippen LogP contribution in [0.1, 0.15) is 47.3 Å². The molecule has 150 valence electrons. The van der Waals surface area contributed by atoms with Crippen LogP contribution in [0.4, 0.5) is 10.5 Å². The number of imidazole rings is 1. The van der Waals surface area contributed by atoms with Crippen molar-refractivity contribution in [3.8, 4) is 0 Å². The summed E-state index contributed by atoms with van der Waals surface area (Å²) in [6.45, 7) is 3.40. The number of fused-ring (bicyclic) bond motifs is 1. The Morgan fingerprint density at radius 2 is 2.17 bits per heavy atom. The van der Waals surface area contributed by atoms with Crippen molar-refractivity contribution in [2.24, 2.45) is 0 Å². The molecule has 4 heterocycles. The highest BCUT2D eigenvalue weighted by molar-refractivity contribution is 5.94. The zero-order chi connectivity index (χ0) is 20.0. The van der Waals surface area contributed by atoms with Crippen molar-refractivity contribution in [3.63, 3.8) is 0 Å². The third-order valence-corrected chi connectivity index (χ3v) is 5.17. The number of aromatic nitrogens is 4. The van der Waals surface area contributed by atoms with Crippen LogP contribution in [0, 0.1) is 0 Å². The summed E-state index contributed by atoms with van der Waals surface area (Å²) in [5.74, 6) is 0.151. The van der Waals surface area contributed by atoms with Gasteiger partial charge in [-0.3, -0.25) is 9.58 Å². The van der Waals surface area contributed by atoms with E-state index < -0.39 is 5.97 Å². The van der Waals surface area contributed by atoms with Crippen LogP contribution in [0.15, 0.2) is 30.9 Å². The standard InChI is InChI=1S/C20H21N5O4/c1-2-28-19(26)15-8-21-24(10-15)12-16-11-23-9-14(13-3-4-13)7-17(18(23)22-16)25-5-6-29-20(25)27/h7-11,13H,2-6,12H2,1H3. The highest BCUT2D eigenvalue weighted by atomic mass is 16.6. The summed E-state index contributed by atoms with van der Waals surface area (Å²) in [5.41, 5.74) is 3.88. The zero-order valence-corrected chi connectivity index (χ0v) is 16.1. The van der Waals surface area contributed by atoms with Gasteiger partial charge in [0.25, 0.3) is 0 Å². The Morgan fingerprint density at radius 3 is 2.90 bits per heavy atom. The van der Waals surface area contributed by atoms with Crippen LogP contribution < -0.4 is 4.90 Å². The summed E-state index contributed by atoms with van der Waals surface area (Å²) < 4.78 is 13.8. The molecule has 9 nitrogen and oxygen atoms in total. The van der Waals surface area contributed by atoms with Crippen LogP contribution in [0.5, 0.6) is 0 Å². The van der Waals surface area contributed by atoms with Gasteiger partial charge in [-0.05, 0) is 37.3 Å². The molecule has 1 saturated heterocycles. The number of amides is 1. The predicted octanol–water partition coefficient (Wildman–Crippen LogP) is 2.59. The minimum absolute atomic E-state index is 0.321. The summed E-state index contributed by atoms with van der Waals surface area (Å²) in [6, 6.07) is 2.06. The van der Waals surface area contributed by atoms with Crippen molar-refractivity contribution in [1.82, 2.24) is 19.2 Å². The van der Waals surface area contributed by atoms with Gasteiger partial charge in [0.1, 0.15) is 6.61 Å². The van der Waals surface area contributed by atoms with E-state index in [1.54, 1.807) is 22.7 Å². The Morgan fingerprint density at radius 1 is 1.31 bits per heavy atom. The molecule has 1 saturated carbocycles. The van der Waals surface area contributed by atoms with Gasteiger partial charge in [-0.2, -0.15) is 5.10 Å². The first kappa shape index (κ1) is 17.7. The Labute approximate surface area is 166 Å². The number of cyclic esters (lactones) is 1. The first-order valence-electron chi connectivity index (χ1n) is 9.78. The number of rotatable bonds is 6. The molecule has 9 heteroatoms. The second kappa shape index (κ2) is 6.91. The summed E-state index contributed by atoms with van der Waals surface area (Å²) in [6.07, 6.45) is 9.16. The SMILES string of the molecule is CCOC(=O)c1cnn(Cc2cn3cc(C4CC4)cc(N4CCOC4=O)c3n2)c1. The average molecular weight is 395 g/mol. The molecular formula is C20H21N5O4. The molecule has 0 N–H and O–H groups in total. The molecule has 1 aliphatic carbocycles. The van der Waals surface area contributed by atoms with E-state index in [1.807, 2.05) is 10.6 Å². The van der Waals surface area contributed by atoms with Crippen LogP contribution in [-0.4, -0.2) is 51.0 Å². The number of hydrogen-bond acceptors (Lipinski definition) is 6. The van der Waals surface area contributed by atoms with Gasteiger partial charge < -0.3 is 13.9 Å². The third-order valence-electron chi connectivity index (χ3n) is 5.17. The monoisotopic (exact) mass is 395 g/mol. The van der Waals surface area contributed by atoms with Gasteiger partial charge in [0.15, 0.2) is 5.65 Å². The molecule has 1 aliphatic heterocycles. The van der Waals surface area contributed by atoms with Gasteiger partial charge in [0.2, 0.25) is 0 Å². The number of carbonyl (C=O) groups excluding carboxylic acids is 2. The summed E-state index contributed by atoms with van der Waals surface area (Å²) in [5, 5.41) is 4.23. The Balaban J connectivity index is 1.48. The molecule has 0 bridgehead atoms. The molecule has 5 rings (SSSR count). The summed E-state index contributed by atoms with van der Waals surface area (Å²) in [7, 11) is 0. The average Bonchev–Trinajstić information content (AvgIpc) is 3.09. The van der Waals surface area contributed by atoms with Gasteiger partial charge in [-0.1, -0.05) is 0 Å². The molecule has 3 aromatic rings. The Kier molecular flexibility index (Phi) is 4.22. The maximum atomic E-state index is 12.1. The van der Waals surface area contributed by atoms with E-state index in [4.69, 9.17) is 14.5 Å². The van der Waals surface area contributed by atoms with E-state index in [1.165, 1.54) is 24.6 Å². The summed E-state index contributed by atoms with van der Waals surface area (Å²) >= 11 is 0. The van der Waals surface area contributed by atoms with Crippen LogP contribution in [0.25, 0.3) is 5.65 Å². The number of ether oxygens (including phenoxy) is 2. The molecule has 3 aromatic heterocycles. The van der Waals surface area contributed by atoms with Crippen molar-refractivity contribution >= 4 is 23.4 Å². The summed E-state index contributed by atoms with van der Waals surface area (Å²) in [4.78, 5) is 30.4. The molecule has 29 heavy (non-hydrogen) atoms. The molecule has 2 aliphatic rings. The minimum Gasteiger partial charge on any atom is -0.462 e. The van der Waals surface area contributed by atoms with Gasteiger partial charge >= 0.3 is 12.1 Å². The number of pyridine rings is 1. The second-order valence-electron chi connectivity index (χ2n) is 7.31. The molecular weight excluding hydrogens is 374 g/mol. The lowest BCUT2D eigenvalue weighted by Gasteiger charge is -2.15. The van der Waals surface area contributed by atoms with Crippen LogP contribution in [0.2, 0.25) is 0 Å². The number of carbonyl (C=O) groups is 2. The normalized spacial score (nSPS) is 16.4. The first-order valence-corrected chi connectivity index (χ1v) is 9.78. The molecule has 0 aromatic carbocycles. The molecule has 0 atom stereocenters. The van der Waals surface area contributed by atoms with Gasteiger partial charge in [-0.25, -0.2) is 14.6 Å². The lowest BCUT2D eigenvalue weighted by Crippen LogP contribution is -2.24. The maximum Gasteiger partial charge on any atom is 0.414 e. The third kappa shape index (κ3) is 3.32. The van der Waals surface area contributed by atoms with Crippen LogP contribution in [0.3, 0.4) is 0 Å². The van der Waals surface area contributed by atoms with Gasteiger partial charge in [-0.15, -0.1) is 0 Å². The fourth-order valence-corrected chi connectivity index (χ4v) is 3.62. The smallest absolute Gasteiger partial charge is 0.414 e. The van der Waals surface area contributed by atoms with E-state index in [0.29, 0.717) is 43.4 Å². The quantitative estimate of drug-likeness (QED) is 0.596. The van der Waals surface area contributed by atoms with Crippen LogP contribution >= 0.6 is 0 Å². The number of hydrogen-bond donors (Lipinski definition) is 0. The first-order chi connectivity index (χ1) is 14.1. The van der Waals surface area contributed by atoms with E-state index >= 15 is 0 Å². The number of nitrogens with zero attached hydrogens (tertiary/aromatic N) is 5. The predicted molar refractivity (Wildman–Crippen MR) is 103 cm³/mol. The van der Waals surface area contributed by atoms with Crippen molar-refractivity contribution in [1.29, 1.82) is 0 Å². The number of anilines is 1. The van der Waals surface area contributed by atoms with Gasteiger partial charge in [0.05, 0.1) is 42.8 Å². The van der Waals surface area contributed by atoms with Crippen molar-refractivity contribution < 1.29 is 19.1 Å². The molecule has 2 fully saturated rings. The Bertz CT molecular complexity index is 1100. The zero-order valence-electron chi connectivity index (χ0n) is 16.1. The fraction of sp³-hybridized carbons (Fsp3) is 0.400. The van der Waals surface area contributed by atoms with E-state index in [-0.39, 0.29) is 6.09 Å². The largest absolute Gasteiger partial charge is 0.462 e. The Hall–Kier alpha value is -3.36. The van der Waals surface area contributed by atoms with Crippen molar-refractivity contribution in [2.45, 2.75) is 32.2 Å². The van der Waals surface area contributed by atoms with Gasteiger partial charge in [0, 0.05) is 18.6 Å². The molecule has 0 spiro atoms. The maximum absolute atomic E-state index is 12.1.